The van der Waals surface area contributed by atoms with E-state index in [1.54, 1.807) is 7.11 Å². The third kappa shape index (κ3) is 4.94. The van der Waals surface area contributed by atoms with Crippen LogP contribution in [0.25, 0.3) is 0 Å². The molecule has 1 atom stereocenters. The zero-order chi connectivity index (χ0) is 17.8. The Morgan fingerprint density at radius 2 is 1.78 bits per heavy atom. The Kier molecular flexibility index (Phi) is 6.99. The Hall–Kier alpha value is -1.76. The smallest absolute Gasteiger partial charge is 0.197 e. The topological polar surface area (TPSA) is 28.1 Å². The number of benzene rings is 2. The normalized spacial score (nSPS) is 19.0. The van der Waals surface area contributed by atoms with Gasteiger partial charge in [-0.2, -0.15) is 0 Å². The van der Waals surface area contributed by atoms with E-state index in [1.807, 2.05) is 0 Å². The number of guanidine groups is 1. The molecule has 0 radical (unpaired) electrons. The van der Waals surface area contributed by atoms with Gasteiger partial charge in [0.05, 0.1) is 13.7 Å². The molecule has 2 aromatic carbocycles. The van der Waals surface area contributed by atoms with Gasteiger partial charge in [-0.1, -0.05) is 42.5 Å². The minimum absolute atomic E-state index is 0. The fourth-order valence-electron chi connectivity index (χ4n) is 4.00. The van der Waals surface area contributed by atoms with Crippen molar-refractivity contribution in [2.45, 2.75) is 19.4 Å². The van der Waals surface area contributed by atoms with Gasteiger partial charge in [-0.05, 0) is 42.0 Å². The molecule has 144 valence electrons. The maximum atomic E-state index is 5.25. The number of methoxy groups -OCH3 is 1. The monoisotopic (exact) mass is 477 g/mol. The van der Waals surface area contributed by atoms with Gasteiger partial charge in [0.15, 0.2) is 5.96 Å². The molecule has 0 saturated carbocycles. The van der Waals surface area contributed by atoms with Gasteiger partial charge in [-0.3, -0.25) is 4.99 Å². The fourth-order valence-corrected chi connectivity index (χ4v) is 4.00. The fraction of sp³-hybridized carbons (Fsp3) is 0.409. The van der Waals surface area contributed by atoms with Gasteiger partial charge in [0.2, 0.25) is 0 Å². The number of rotatable bonds is 5. The molecular formula is C22H28IN3O. The quantitative estimate of drug-likeness (QED) is 0.609. The number of halogens is 1. The summed E-state index contributed by atoms with van der Waals surface area (Å²) in [6, 6.07) is 19.2. The van der Waals surface area contributed by atoms with Crippen LogP contribution in [0.4, 0.5) is 0 Å². The van der Waals surface area contributed by atoms with Crippen LogP contribution in [0.5, 0.6) is 5.75 Å². The largest absolute Gasteiger partial charge is 0.497 e. The number of likely N-dealkylation sites (tertiary alicyclic amines) is 1. The van der Waals surface area contributed by atoms with Crippen molar-refractivity contribution in [3.8, 4) is 5.75 Å². The predicted molar refractivity (Wildman–Crippen MR) is 121 cm³/mol. The highest BCUT2D eigenvalue weighted by Crippen LogP contribution is 2.24. The first-order chi connectivity index (χ1) is 12.8. The molecule has 27 heavy (non-hydrogen) atoms. The molecule has 2 aliphatic heterocycles. The van der Waals surface area contributed by atoms with Crippen molar-refractivity contribution in [3.63, 3.8) is 0 Å². The van der Waals surface area contributed by atoms with Crippen LogP contribution in [-0.4, -0.2) is 49.0 Å². The molecule has 2 aliphatic rings. The van der Waals surface area contributed by atoms with E-state index in [0.29, 0.717) is 5.92 Å². The summed E-state index contributed by atoms with van der Waals surface area (Å²) >= 11 is 0. The predicted octanol–water partition coefficient (Wildman–Crippen LogP) is 4.05. The van der Waals surface area contributed by atoms with Crippen molar-refractivity contribution in [2.24, 2.45) is 10.9 Å². The average molecular weight is 477 g/mol. The number of hydrogen-bond acceptors (Lipinski definition) is 4. The van der Waals surface area contributed by atoms with Crippen molar-refractivity contribution in [1.29, 1.82) is 0 Å². The molecule has 5 heteroatoms. The van der Waals surface area contributed by atoms with Crippen LogP contribution in [-0.2, 0) is 13.0 Å². The SMILES string of the molecule is COc1ccc(CC2CCN(C3=NCCN3Cc3ccccc3)C2)cc1.I. The summed E-state index contributed by atoms with van der Waals surface area (Å²) in [5, 5.41) is 0. The molecule has 0 N–H and O–H groups in total. The summed E-state index contributed by atoms with van der Waals surface area (Å²) in [5.74, 6) is 2.83. The van der Waals surface area contributed by atoms with Crippen LogP contribution in [0.2, 0.25) is 0 Å². The van der Waals surface area contributed by atoms with Gasteiger partial charge in [0.1, 0.15) is 5.75 Å². The summed E-state index contributed by atoms with van der Waals surface area (Å²) in [5.41, 5.74) is 2.75. The van der Waals surface area contributed by atoms with Crippen molar-refractivity contribution >= 4 is 29.9 Å². The number of hydrogen-bond donors (Lipinski definition) is 0. The molecular weight excluding hydrogens is 449 g/mol. The van der Waals surface area contributed by atoms with Crippen molar-refractivity contribution in [3.05, 3.63) is 65.7 Å². The minimum atomic E-state index is 0. The zero-order valence-electron chi connectivity index (χ0n) is 15.9. The van der Waals surface area contributed by atoms with Crippen LogP contribution in [0.15, 0.2) is 59.6 Å². The number of aliphatic imine (C=N–C) groups is 1. The van der Waals surface area contributed by atoms with E-state index in [1.165, 1.54) is 23.5 Å². The van der Waals surface area contributed by atoms with Crippen LogP contribution >= 0.6 is 24.0 Å². The average Bonchev–Trinajstić information content (AvgIpc) is 3.32. The molecule has 0 aliphatic carbocycles. The maximum absolute atomic E-state index is 5.25. The highest BCUT2D eigenvalue weighted by molar-refractivity contribution is 14.0. The molecule has 0 amide bonds. The zero-order valence-corrected chi connectivity index (χ0v) is 18.2. The molecule has 2 aromatic rings. The molecule has 2 heterocycles. The standard InChI is InChI=1S/C22H27N3O.HI/c1-26-21-9-7-18(8-10-21)15-20-11-13-24(17-20)22-23-12-14-25(22)16-19-5-3-2-4-6-19;/h2-10,20H,11-17H2,1H3;1H. The van der Waals surface area contributed by atoms with E-state index in [9.17, 15) is 0 Å². The van der Waals surface area contributed by atoms with E-state index in [2.05, 4.69) is 64.4 Å². The van der Waals surface area contributed by atoms with Crippen LogP contribution in [0.1, 0.15) is 17.5 Å². The van der Waals surface area contributed by atoms with Crippen LogP contribution in [0.3, 0.4) is 0 Å². The second-order valence-corrected chi connectivity index (χ2v) is 7.24. The first-order valence-electron chi connectivity index (χ1n) is 9.53. The number of ether oxygens (including phenoxy) is 1. The van der Waals surface area contributed by atoms with E-state index in [-0.39, 0.29) is 24.0 Å². The lowest BCUT2D eigenvalue weighted by molar-refractivity contribution is 0.364. The lowest BCUT2D eigenvalue weighted by atomic mass is 9.99. The summed E-state index contributed by atoms with van der Waals surface area (Å²) < 4.78 is 5.25. The van der Waals surface area contributed by atoms with Gasteiger partial charge in [-0.15, -0.1) is 24.0 Å². The lowest BCUT2D eigenvalue weighted by Crippen LogP contribution is -2.40. The van der Waals surface area contributed by atoms with E-state index < -0.39 is 0 Å². The Morgan fingerprint density at radius 1 is 1.00 bits per heavy atom. The molecule has 1 unspecified atom stereocenters. The van der Waals surface area contributed by atoms with E-state index in [0.717, 1.165) is 44.9 Å². The Bertz CT molecular complexity index is 748. The Morgan fingerprint density at radius 3 is 2.52 bits per heavy atom. The first kappa shape index (κ1) is 20.0. The third-order valence-corrected chi connectivity index (χ3v) is 5.37. The van der Waals surface area contributed by atoms with Gasteiger partial charge >= 0.3 is 0 Å². The van der Waals surface area contributed by atoms with Gasteiger partial charge < -0.3 is 14.5 Å². The Labute approximate surface area is 179 Å². The number of nitrogens with zero attached hydrogens (tertiary/aromatic N) is 3. The molecule has 4 nitrogen and oxygen atoms in total. The molecule has 0 spiro atoms. The summed E-state index contributed by atoms with van der Waals surface area (Å²) in [6.07, 6.45) is 2.37. The summed E-state index contributed by atoms with van der Waals surface area (Å²) in [4.78, 5) is 9.74. The Balaban J connectivity index is 0.00000210. The maximum Gasteiger partial charge on any atom is 0.197 e. The molecule has 1 saturated heterocycles. The van der Waals surface area contributed by atoms with Gasteiger partial charge in [-0.25, -0.2) is 0 Å². The van der Waals surface area contributed by atoms with Crippen molar-refractivity contribution < 1.29 is 4.74 Å². The highest BCUT2D eigenvalue weighted by atomic mass is 127. The van der Waals surface area contributed by atoms with E-state index in [4.69, 9.17) is 9.73 Å². The van der Waals surface area contributed by atoms with Crippen molar-refractivity contribution in [1.82, 2.24) is 9.80 Å². The first-order valence-corrected chi connectivity index (χ1v) is 9.53. The highest BCUT2D eigenvalue weighted by Gasteiger charge is 2.29. The lowest BCUT2D eigenvalue weighted by Gasteiger charge is -2.28. The second kappa shape index (κ2) is 9.44. The minimum Gasteiger partial charge on any atom is -0.497 e. The third-order valence-electron chi connectivity index (χ3n) is 5.37. The molecule has 1 fully saturated rings. The molecule has 4 rings (SSSR count). The molecule has 0 bridgehead atoms. The van der Waals surface area contributed by atoms with Crippen LogP contribution < -0.4 is 4.74 Å². The van der Waals surface area contributed by atoms with Crippen LogP contribution in [0, 0.1) is 5.92 Å². The van der Waals surface area contributed by atoms with Gasteiger partial charge in [0.25, 0.3) is 0 Å². The summed E-state index contributed by atoms with van der Waals surface area (Å²) in [6.45, 7) is 5.13. The van der Waals surface area contributed by atoms with E-state index >= 15 is 0 Å². The molecule has 0 aromatic heterocycles. The van der Waals surface area contributed by atoms with Gasteiger partial charge in [0, 0.05) is 26.2 Å². The van der Waals surface area contributed by atoms with Crippen molar-refractivity contribution in [2.75, 3.05) is 33.3 Å². The second-order valence-electron chi connectivity index (χ2n) is 7.24. The summed E-state index contributed by atoms with van der Waals surface area (Å²) in [7, 11) is 1.72.